The van der Waals surface area contributed by atoms with Crippen molar-refractivity contribution in [1.29, 1.82) is 0 Å². The number of nitrogens with zero attached hydrogens (tertiary/aromatic N) is 2. The number of hydrogen-bond acceptors (Lipinski definition) is 6. The lowest BCUT2D eigenvalue weighted by molar-refractivity contribution is -0.384. The summed E-state index contributed by atoms with van der Waals surface area (Å²) >= 11 is 0. The second-order valence-electron chi connectivity index (χ2n) is 4.62. The number of anilines is 1. The number of rotatable bonds is 7. The largest absolute Gasteiger partial charge is 0.493 e. The molecule has 0 saturated heterocycles. The van der Waals surface area contributed by atoms with Gasteiger partial charge in [-0.05, 0) is 29.8 Å². The number of nitro groups is 1. The molecule has 0 spiro atoms. The van der Waals surface area contributed by atoms with Crippen molar-refractivity contribution in [1.82, 2.24) is 0 Å². The van der Waals surface area contributed by atoms with Gasteiger partial charge in [0.05, 0.1) is 24.8 Å². The highest BCUT2D eigenvalue weighted by atomic mass is 16.6. The van der Waals surface area contributed by atoms with E-state index in [0.717, 1.165) is 5.56 Å². The zero-order valence-electron chi connectivity index (χ0n) is 12.9. The lowest BCUT2D eigenvalue weighted by Crippen LogP contribution is -1.95. The molecule has 0 heterocycles. The highest BCUT2D eigenvalue weighted by Gasteiger charge is 2.04. The van der Waals surface area contributed by atoms with Crippen LogP contribution in [0, 0.1) is 10.1 Å². The van der Waals surface area contributed by atoms with Crippen LogP contribution in [0.25, 0.3) is 0 Å². The van der Waals surface area contributed by atoms with Crippen molar-refractivity contribution in [2.45, 2.75) is 6.42 Å². The zero-order chi connectivity index (χ0) is 16.7. The van der Waals surface area contributed by atoms with E-state index in [1.54, 1.807) is 32.6 Å². The fourth-order valence-corrected chi connectivity index (χ4v) is 1.94. The second kappa shape index (κ2) is 7.79. The summed E-state index contributed by atoms with van der Waals surface area (Å²) in [5, 5.41) is 14.7. The van der Waals surface area contributed by atoms with Crippen LogP contribution >= 0.6 is 0 Å². The van der Waals surface area contributed by atoms with Gasteiger partial charge < -0.3 is 9.47 Å². The maximum absolute atomic E-state index is 10.6. The van der Waals surface area contributed by atoms with E-state index in [1.807, 2.05) is 18.2 Å². The molecule has 0 fully saturated rings. The summed E-state index contributed by atoms with van der Waals surface area (Å²) in [6, 6.07) is 11.7. The Bertz CT molecular complexity index is 699. The van der Waals surface area contributed by atoms with Gasteiger partial charge in [0.15, 0.2) is 11.5 Å². The van der Waals surface area contributed by atoms with Gasteiger partial charge in [0, 0.05) is 24.8 Å². The first-order valence-electron chi connectivity index (χ1n) is 6.87. The molecule has 0 aliphatic heterocycles. The smallest absolute Gasteiger partial charge is 0.269 e. The normalized spacial score (nSPS) is 10.5. The minimum Gasteiger partial charge on any atom is -0.493 e. The Morgan fingerprint density at radius 3 is 2.43 bits per heavy atom. The Kier molecular flexibility index (Phi) is 5.51. The molecule has 0 aliphatic rings. The molecule has 7 heteroatoms. The lowest BCUT2D eigenvalue weighted by atomic mass is 10.1. The SMILES string of the molecule is COc1ccc(C/C=N/Nc2ccc([N+](=O)[O-])cc2)cc1OC. The Hall–Kier alpha value is -3.09. The van der Waals surface area contributed by atoms with Gasteiger partial charge in [0.1, 0.15) is 0 Å². The van der Waals surface area contributed by atoms with Crippen LogP contribution in [0.5, 0.6) is 11.5 Å². The Morgan fingerprint density at radius 1 is 1.13 bits per heavy atom. The summed E-state index contributed by atoms with van der Waals surface area (Å²) in [6.45, 7) is 0. The minimum absolute atomic E-state index is 0.0462. The highest BCUT2D eigenvalue weighted by Crippen LogP contribution is 2.27. The van der Waals surface area contributed by atoms with E-state index in [1.165, 1.54) is 12.1 Å². The molecule has 0 bridgehead atoms. The number of hydrogen-bond donors (Lipinski definition) is 1. The third-order valence-corrected chi connectivity index (χ3v) is 3.14. The maximum atomic E-state index is 10.6. The van der Waals surface area contributed by atoms with Crippen molar-refractivity contribution < 1.29 is 14.4 Å². The highest BCUT2D eigenvalue weighted by molar-refractivity contribution is 5.64. The molecule has 0 saturated carbocycles. The molecule has 1 N–H and O–H groups in total. The van der Waals surface area contributed by atoms with E-state index in [9.17, 15) is 10.1 Å². The molecule has 120 valence electrons. The van der Waals surface area contributed by atoms with Gasteiger partial charge in [-0.2, -0.15) is 5.10 Å². The number of non-ortho nitro benzene ring substituents is 1. The molecule has 2 rings (SSSR count). The topological polar surface area (TPSA) is 86.0 Å². The van der Waals surface area contributed by atoms with Crippen LogP contribution in [-0.4, -0.2) is 25.4 Å². The Morgan fingerprint density at radius 2 is 1.83 bits per heavy atom. The van der Waals surface area contributed by atoms with Gasteiger partial charge in [-0.1, -0.05) is 6.07 Å². The molecule has 0 amide bonds. The van der Waals surface area contributed by atoms with Crippen LogP contribution in [0.4, 0.5) is 11.4 Å². The van der Waals surface area contributed by atoms with E-state index in [0.29, 0.717) is 23.6 Å². The number of hydrazone groups is 1. The van der Waals surface area contributed by atoms with Crippen molar-refractivity contribution >= 4 is 17.6 Å². The van der Waals surface area contributed by atoms with Crippen LogP contribution < -0.4 is 14.9 Å². The molecule has 0 aromatic heterocycles. The standard InChI is InChI=1S/C16H17N3O4/c1-22-15-8-3-12(11-16(15)23-2)9-10-17-18-13-4-6-14(7-5-13)19(20)21/h3-8,10-11,18H,9H2,1-2H3/b17-10+. The quantitative estimate of drug-likeness (QED) is 0.481. The molecule has 23 heavy (non-hydrogen) atoms. The van der Waals surface area contributed by atoms with Gasteiger partial charge in [-0.3, -0.25) is 15.5 Å². The van der Waals surface area contributed by atoms with E-state index in [2.05, 4.69) is 10.5 Å². The first-order valence-corrected chi connectivity index (χ1v) is 6.87. The third kappa shape index (κ3) is 4.44. The average molecular weight is 315 g/mol. The Balaban J connectivity index is 1.92. The zero-order valence-corrected chi connectivity index (χ0v) is 12.9. The predicted molar refractivity (Wildman–Crippen MR) is 88.5 cm³/mol. The second-order valence-corrected chi connectivity index (χ2v) is 4.62. The first kappa shape index (κ1) is 16.3. The van der Waals surface area contributed by atoms with Crippen molar-refractivity contribution in [2.24, 2.45) is 5.10 Å². The number of methoxy groups -OCH3 is 2. The number of benzene rings is 2. The van der Waals surface area contributed by atoms with Crippen LogP contribution in [0.1, 0.15) is 5.56 Å². The summed E-state index contributed by atoms with van der Waals surface area (Å²) in [7, 11) is 3.18. The predicted octanol–water partition coefficient (Wildman–Crippen LogP) is 3.25. The molecule has 0 radical (unpaired) electrons. The first-order chi connectivity index (χ1) is 11.1. The molecule has 2 aromatic rings. The van der Waals surface area contributed by atoms with Crippen LogP contribution in [-0.2, 0) is 6.42 Å². The molecule has 2 aromatic carbocycles. The van der Waals surface area contributed by atoms with Gasteiger partial charge in [-0.15, -0.1) is 0 Å². The van der Waals surface area contributed by atoms with Crippen LogP contribution in [0.15, 0.2) is 47.6 Å². The molecular weight excluding hydrogens is 298 g/mol. The third-order valence-electron chi connectivity index (χ3n) is 3.14. The fraction of sp³-hybridized carbons (Fsp3) is 0.188. The summed E-state index contributed by atoms with van der Waals surface area (Å²) < 4.78 is 10.4. The molecule has 0 atom stereocenters. The van der Waals surface area contributed by atoms with Gasteiger partial charge in [0.25, 0.3) is 5.69 Å². The minimum atomic E-state index is -0.440. The Labute approximate surface area is 133 Å². The average Bonchev–Trinajstić information content (AvgIpc) is 2.58. The summed E-state index contributed by atoms with van der Waals surface area (Å²) in [5.41, 5.74) is 4.57. The molecule has 0 aliphatic carbocycles. The van der Waals surface area contributed by atoms with Crippen LogP contribution in [0.3, 0.4) is 0 Å². The van der Waals surface area contributed by atoms with E-state index < -0.39 is 4.92 Å². The monoisotopic (exact) mass is 315 g/mol. The van der Waals surface area contributed by atoms with Crippen molar-refractivity contribution in [3.63, 3.8) is 0 Å². The number of nitrogens with one attached hydrogen (secondary N) is 1. The van der Waals surface area contributed by atoms with Gasteiger partial charge >= 0.3 is 0 Å². The van der Waals surface area contributed by atoms with E-state index in [-0.39, 0.29) is 5.69 Å². The fourth-order valence-electron chi connectivity index (χ4n) is 1.94. The van der Waals surface area contributed by atoms with Gasteiger partial charge in [-0.25, -0.2) is 0 Å². The van der Waals surface area contributed by atoms with Crippen molar-refractivity contribution in [2.75, 3.05) is 19.6 Å². The molecule has 0 unspecified atom stereocenters. The van der Waals surface area contributed by atoms with Crippen molar-refractivity contribution in [3.05, 3.63) is 58.1 Å². The molecule has 7 nitrogen and oxygen atoms in total. The van der Waals surface area contributed by atoms with Crippen molar-refractivity contribution in [3.8, 4) is 11.5 Å². The number of nitro benzene ring substituents is 1. The summed E-state index contributed by atoms with van der Waals surface area (Å²) in [6.07, 6.45) is 2.32. The summed E-state index contributed by atoms with van der Waals surface area (Å²) in [5.74, 6) is 1.35. The van der Waals surface area contributed by atoms with E-state index in [4.69, 9.17) is 9.47 Å². The van der Waals surface area contributed by atoms with Gasteiger partial charge in [0.2, 0.25) is 0 Å². The lowest BCUT2D eigenvalue weighted by Gasteiger charge is -2.08. The molecular formula is C16H17N3O4. The van der Waals surface area contributed by atoms with Crippen LogP contribution in [0.2, 0.25) is 0 Å². The maximum Gasteiger partial charge on any atom is 0.269 e. The number of ether oxygens (including phenoxy) is 2. The van der Waals surface area contributed by atoms with E-state index >= 15 is 0 Å². The summed E-state index contributed by atoms with van der Waals surface area (Å²) in [4.78, 5) is 10.1.